The normalized spacial score (nSPS) is 25.9. The van der Waals surface area contributed by atoms with Gasteiger partial charge in [-0.15, -0.1) is 0 Å². The van der Waals surface area contributed by atoms with Crippen LogP contribution in [0.5, 0.6) is 0 Å². The summed E-state index contributed by atoms with van der Waals surface area (Å²) in [5.74, 6) is 0.141. The second-order valence-corrected chi connectivity index (χ2v) is 3.74. The minimum absolute atomic E-state index is 0.00294. The molecule has 5 heteroatoms. The molecule has 1 amide bonds. The third-order valence-corrected chi connectivity index (χ3v) is 2.77. The molecule has 0 aliphatic carbocycles. The Morgan fingerprint density at radius 1 is 1.33 bits per heavy atom. The SMILES string of the molecule is COC1CN(C(=O)CCCN)CC1OC. The van der Waals surface area contributed by atoms with Gasteiger partial charge >= 0.3 is 0 Å². The molecule has 5 nitrogen and oxygen atoms in total. The van der Waals surface area contributed by atoms with Crippen molar-refractivity contribution in [1.82, 2.24) is 4.90 Å². The number of rotatable bonds is 5. The average molecular weight is 216 g/mol. The summed E-state index contributed by atoms with van der Waals surface area (Å²) in [7, 11) is 3.29. The largest absolute Gasteiger partial charge is 0.377 e. The van der Waals surface area contributed by atoms with Gasteiger partial charge in [0.15, 0.2) is 0 Å². The fourth-order valence-corrected chi connectivity index (χ4v) is 1.81. The predicted molar refractivity (Wildman–Crippen MR) is 56.5 cm³/mol. The van der Waals surface area contributed by atoms with Crippen molar-refractivity contribution >= 4 is 5.91 Å². The minimum Gasteiger partial charge on any atom is -0.377 e. The minimum atomic E-state index is -0.00294. The lowest BCUT2D eigenvalue weighted by atomic mass is 10.3. The molecule has 2 unspecified atom stereocenters. The number of carbonyl (C=O) groups is 1. The first-order chi connectivity index (χ1) is 7.22. The monoisotopic (exact) mass is 216 g/mol. The Bertz CT molecular complexity index is 199. The lowest BCUT2D eigenvalue weighted by molar-refractivity contribution is -0.130. The Morgan fingerprint density at radius 3 is 2.27 bits per heavy atom. The maximum Gasteiger partial charge on any atom is 0.222 e. The van der Waals surface area contributed by atoms with Crippen LogP contribution in [0.25, 0.3) is 0 Å². The quantitative estimate of drug-likeness (QED) is 0.679. The van der Waals surface area contributed by atoms with Crippen molar-refractivity contribution in [2.24, 2.45) is 5.73 Å². The first-order valence-corrected chi connectivity index (χ1v) is 5.26. The molecule has 1 aliphatic heterocycles. The Kier molecular flexibility index (Phi) is 5.01. The maximum absolute atomic E-state index is 11.7. The van der Waals surface area contributed by atoms with Crippen molar-refractivity contribution in [1.29, 1.82) is 0 Å². The Balaban J connectivity index is 2.42. The van der Waals surface area contributed by atoms with E-state index in [-0.39, 0.29) is 18.1 Å². The van der Waals surface area contributed by atoms with Crippen LogP contribution in [0.3, 0.4) is 0 Å². The lowest BCUT2D eigenvalue weighted by Crippen LogP contribution is -2.30. The smallest absolute Gasteiger partial charge is 0.222 e. The van der Waals surface area contributed by atoms with Crippen molar-refractivity contribution in [3.8, 4) is 0 Å². The number of methoxy groups -OCH3 is 2. The van der Waals surface area contributed by atoms with E-state index in [9.17, 15) is 4.79 Å². The molecule has 1 aliphatic rings. The third kappa shape index (κ3) is 3.15. The molecule has 15 heavy (non-hydrogen) atoms. The van der Waals surface area contributed by atoms with E-state index in [1.807, 2.05) is 0 Å². The van der Waals surface area contributed by atoms with Crippen LogP contribution in [-0.4, -0.2) is 56.9 Å². The van der Waals surface area contributed by atoms with Crippen molar-refractivity contribution < 1.29 is 14.3 Å². The predicted octanol–water partition coefficient (Wildman–Crippen LogP) is -0.402. The number of nitrogens with zero attached hydrogens (tertiary/aromatic N) is 1. The van der Waals surface area contributed by atoms with E-state index in [2.05, 4.69) is 0 Å². The van der Waals surface area contributed by atoms with E-state index in [4.69, 9.17) is 15.2 Å². The van der Waals surface area contributed by atoms with Crippen molar-refractivity contribution in [3.63, 3.8) is 0 Å². The van der Waals surface area contributed by atoms with Gasteiger partial charge in [-0.25, -0.2) is 0 Å². The molecular formula is C10H20N2O3. The van der Waals surface area contributed by atoms with Crippen molar-refractivity contribution in [3.05, 3.63) is 0 Å². The van der Waals surface area contributed by atoms with Gasteiger partial charge in [0.05, 0.1) is 0 Å². The highest BCUT2D eigenvalue weighted by atomic mass is 16.5. The van der Waals surface area contributed by atoms with Gasteiger partial charge < -0.3 is 20.1 Å². The van der Waals surface area contributed by atoms with Gasteiger partial charge in [-0.1, -0.05) is 0 Å². The number of ether oxygens (including phenoxy) is 2. The van der Waals surface area contributed by atoms with Crippen LogP contribution in [0.1, 0.15) is 12.8 Å². The zero-order valence-corrected chi connectivity index (χ0v) is 9.44. The standard InChI is InChI=1S/C10H20N2O3/c1-14-8-6-12(7-9(8)15-2)10(13)4-3-5-11/h8-9H,3-7,11H2,1-2H3. The fraction of sp³-hybridized carbons (Fsp3) is 0.900. The van der Waals surface area contributed by atoms with E-state index in [0.29, 0.717) is 26.1 Å². The Labute approximate surface area is 90.5 Å². The molecule has 0 spiro atoms. The van der Waals surface area contributed by atoms with Crippen molar-refractivity contribution in [2.75, 3.05) is 33.9 Å². The number of nitrogens with two attached hydrogens (primary N) is 1. The molecule has 2 atom stereocenters. The Hall–Kier alpha value is -0.650. The van der Waals surface area contributed by atoms with E-state index in [1.165, 1.54) is 0 Å². The highest BCUT2D eigenvalue weighted by molar-refractivity contribution is 5.76. The number of likely N-dealkylation sites (tertiary alicyclic amines) is 1. The van der Waals surface area contributed by atoms with Crippen LogP contribution < -0.4 is 5.73 Å². The van der Waals surface area contributed by atoms with E-state index >= 15 is 0 Å². The fourth-order valence-electron chi connectivity index (χ4n) is 1.81. The molecule has 1 rings (SSSR count). The van der Waals surface area contributed by atoms with E-state index in [0.717, 1.165) is 6.42 Å². The summed E-state index contributed by atoms with van der Waals surface area (Å²) >= 11 is 0. The molecule has 0 aromatic rings. The topological polar surface area (TPSA) is 64.8 Å². The highest BCUT2D eigenvalue weighted by Crippen LogP contribution is 2.16. The van der Waals surface area contributed by atoms with Crippen LogP contribution in [0.4, 0.5) is 0 Å². The first-order valence-electron chi connectivity index (χ1n) is 5.26. The van der Waals surface area contributed by atoms with Crippen LogP contribution >= 0.6 is 0 Å². The van der Waals surface area contributed by atoms with Gasteiger partial charge in [0.25, 0.3) is 0 Å². The maximum atomic E-state index is 11.7. The zero-order chi connectivity index (χ0) is 11.3. The van der Waals surface area contributed by atoms with Crippen LogP contribution in [0.2, 0.25) is 0 Å². The first kappa shape index (κ1) is 12.4. The number of amides is 1. The molecule has 0 aromatic heterocycles. The van der Waals surface area contributed by atoms with Gasteiger partial charge in [0.1, 0.15) is 12.2 Å². The summed E-state index contributed by atoms with van der Waals surface area (Å²) in [5.41, 5.74) is 5.36. The number of hydrogen-bond donors (Lipinski definition) is 1. The van der Waals surface area contributed by atoms with E-state index < -0.39 is 0 Å². The van der Waals surface area contributed by atoms with Gasteiger partial charge in [-0.05, 0) is 13.0 Å². The summed E-state index contributed by atoms with van der Waals surface area (Å²) in [4.78, 5) is 13.5. The third-order valence-electron chi connectivity index (χ3n) is 2.77. The zero-order valence-electron chi connectivity index (χ0n) is 9.44. The van der Waals surface area contributed by atoms with Gasteiger partial charge in [0.2, 0.25) is 5.91 Å². The molecular weight excluding hydrogens is 196 g/mol. The number of hydrogen-bond acceptors (Lipinski definition) is 4. The van der Waals surface area contributed by atoms with Gasteiger partial charge in [-0.3, -0.25) is 4.79 Å². The van der Waals surface area contributed by atoms with Crippen LogP contribution in [0.15, 0.2) is 0 Å². The summed E-state index contributed by atoms with van der Waals surface area (Å²) < 4.78 is 10.5. The summed E-state index contributed by atoms with van der Waals surface area (Å²) in [6.45, 7) is 1.80. The summed E-state index contributed by atoms with van der Waals surface area (Å²) in [6, 6.07) is 0. The van der Waals surface area contributed by atoms with E-state index in [1.54, 1.807) is 19.1 Å². The molecule has 0 saturated carbocycles. The highest BCUT2D eigenvalue weighted by Gasteiger charge is 2.34. The molecule has 88 valence electrons. The van der Waals surface area contributed by atoms with Crippen LogP contribution in [0, 0.1) is 0 Å². The average Bonchev–Trinajstić information content (AvgIpc) is 2.68. The molecule has 0 aromatic carbocycles. The van der Waals surface area contributed by atoms with Crippen molar-refractivity contribution in [2.45, 2.75) is 25.0 Å². The molecule has 2 N–H and O–H groups in total. The van der Waals surface area contributed by atoms with Gasteiger partial charge in [-0.2, -0.15) is 0 Å². The summed E-state index contributed by atoms with van der Waals surface area (Å²) in [5, 5.41) is 0. The summed E-state index contributed by atoms with van der Waals surface area (Å²) in [6.07, 6.45) is 1.25. The molecule has 1 fully saturated rings. The van der Waals surface area contributed by atoms with Crippen LogP contribution in [-0.2, 0) is 14.3 Å². The lowest BCUT2D eigenvalue weighted by Gasteiger charge is -2.15. The molecule has 0 radical (unpaired) electrons. The molecule has 1 saturated heterocycles. The number of carbonyl (C=O) groups excluding carboxylic acids is 1. The molecule has 1 heterocycles. The molecule has 0 bridgehead atoms. The second-order valence-electron chi connectivity index (χ2n) is 3.74. The Morgan fingerprint density at radius 2 is 1.87 bits per heavy atom. The second kappa shape index (κ2) is 6.05. The van der Waals surface area contributed by atoms with Gasteiger partial charge in [0, 0.05) is 33.7 Å².